The van der Waals surface area contributed by atoms with E-state index in [-0.39, 0.29) is 6.04 Å². The van der Waals surface area contributed by atoms with Crippen LogP contribution >= 0.6 is 27.3 Å². The van der Waals surface area contributed by atoms with E-state index >= 15 is 0 Å². The molecule has 0 radical (unpaired) electrons. The Balaban J connectivity index is 1.93. The SMILES string of the molecule is CCc1cc(C2CCCN2S(=O)(=O)c2ccc(Br)s2)on1. The molecular weight excluding hydrogens is 376 g/mol. The highest BCUT2D eigenvalue weighted by atomic mass is 79.9. The summed E-state index contributed by atoms with van der Waals surface area (Å²) in [5.74, 6) is 0.642. The zero-order valence-electron chi connectivity index (χ0n) is 11.5. The minimum Gasteiger partial charge on any atom is -0.359 e. The molecule has 0 spiro atoms. The van der Waals surface area contributed by atoms with Crippen molar-refractivity contribution in [3.8, 4) is 0 Å². The van der Waals surface area contributed by atoms with Gasteiger partial charge >= 0.3 is 0 Å². The standard InChI is InChI=1S/C13H15BrN2O3S2/c1-2-9-8-11(19-15-9)10-4-3-7-16(10)21(17,18)13-6-5-12(14)20-13/h5-6,8,10H,2-4,7H2,1H3. The number of hydrogen-bond acceptors (Lipinski definition) is 5. The maximum atomic E-state index is 12.8. The normalized spacial score (nSPS) is 20.2. The highest BCUT2D eigenvalue weighted by molar-refractivity contribution is 9.11. The summed E-state index contributed by atoms with van der Waals surface area (Å²) in [5.41, 5.74) is 0.855. The molecule has 1 unspecified atom stereocenters. The van der Waals surface area contributed by atoms with Gasteiger partial charge in [-0.3, -0.25) is 0 Å². The maximum absolute atomic E-state index is 12.8. The lowest BCUT2D eigenvalue weighted by molar-refractivity contribution is 0.297. The maximum Gasteiger partial charge on any atom is 0.253 e. The van der Waals surface area contributed by atoms with Crippen LogP contribution in [0, 0.1) is 0 Å². The van der Waals surface area contributed by atoms with Crippen LogP contribution in [0.3, 0.4) is 0 Å². The van der Waals surface area contributed by atoms with Crippen LogP contribution < -0.4 is 0 Å². The van der Waals surface area contributed by atoms with E-state index < -0.39 is 10.0 Å². The van der Waals surface area contributed by atoms with E-state index in [1.807, 2.05) is 13.0 Å². The number of thiophene rings is 1. The van der Waals surface area contributed by atoms with Gasteiger partial charge in [0.15, 0.2) is 5.76 Å². The van der Waals surface area contributed by atoms with Gasteiger partial charge in [0.05, 0.1) is 15.5 Å². The van der Waals surface area contributed by atoms with Gasteiger partial charge in [-0.1, -0.05) is 12.1 Å². The average molecular weight is 391 g/mol. The Morgan fingerprint density at radius 2 is 2.33 bits per heavy atom. The summed E-state index contributed by atoms with van der Waals surface area (Å²) in [4.78, 5) is 0. The molecule has 1 aliphatic rings. The molecule has 0 aliphatic carbocycles. The molecule has 1 fully saturated rings. The van der Waals surface area contributed by atoms with Crippen molar-refractivity contribution < 1.29 is 12.9 Å². The smallest absolute Gasteiger partial charge is 0.253 e. The molecule has 0 amide bonds. The largest absolute Gasteiger partial charge is 0.359 e. The minimum atomic E-state index is -3.48. The van der Waals surface area contributed by atoms with E-state index in [0.29, 0.717) is 16.5 Å². The second-order valence-corrected chi connectivity index (χ2v) is 9.49. The van der Waals surface area contributed by atoms with Crippen molar-refractivity contribution in [2.45, 2.75) is 36.4 Å². The van der Waals surface area contributed by atoms with Crippen LogP contribution in [0.25, 0.3) is 0 Å². The van der Waals surface area contributed by atoms with Gasteiger partial charge in [-0.05, 0) is 47.3 Å². The number of sulfonamides is 1. The average Bonchev–Trinajstić information content (AvgIpc) is 3.17. The molecule has 5 nitrogen and oxygen atoms in total. The summed E-state index contributed by atoms with van der Waals surface area (Å²) in [5, 5.41) is 3.97. The van der Waals surface area contributed by atoms with Gasteiger partial charge in [0, 0.05) is 12.6 Å². The number of hydrogen-bond donors (Lipinski definition) is 0. The summed E-state index contributed by atoms with van der Waals surface area (Å²) in [6.07, 6.45) is 2.38. The fourth-order valence-corrected chi connectivity index (χ4v) is 6.32. The molecular formula is C13H15BrN2O3S2. The van der Waals surface area contributed by atoms with Crippen molar-refractivity contribution in [1.29, 1.82) is 0 Å². The van der Waals surface area contributed by atoms with Crippen LogP contribution in [0.5, 0.6) is 0 Å². The predicted molar refractivity (Wildman–Crippen MR) is 83.8 cm³/mol. The van der Waals surface area contributed by atoms with Gasteiger partial charge in [0.1, 0.15) is 4.21 Å². The molecule has 0 bridgehead atoms. The van der Waals surface area contributed by atoms with Crippen molar-refractivity contribution in [2.24, 2.45) is 0 Å². The Labute approximate surface area is 136 Å². The number of aryl methyl sites for hydroxylation is 1. The fourth-order valence-electron chi connectivity index (χ4n) is 2.52. The monoisotopic (exact) mass is 390 g/mol. The van der Waals surface area contributed by atoms with Crippen molar-refractivity contribution in [1.82, 2.24) is 9.46 Å². The molecule has 2 aromatic rings. The quantitative estimate of drug-likeness (QED) is 0.799. The molecule has 0 saturated carbocycles. The fraction of sp³-hybridized carbons (Fsp3) is 0.462. The summed E-state index contributed by atoms with van der Waals surface area (Å²) >= 11 is 4.54. The zero-order chi connectivity index (χ0) is 15.0. The summed E-state index contributed by atoms with van der Waals surface area (Å²) in [6.45, 7) is 2.51. The van der Waals surface area contributed by atoms with Crippen LogP contribution in [0.2, 0.25) is 0 Å². The van der Waals surface area contributed by atoms with E-state index in [1.165, 1.54) is 15.6 Å². The predicted octanol–water partition coefficient (Wildman–Crippen LogP) is 3.59. The third-order valence-electron chi connectivity index (χ3n) is 3.58. The van der Waals surface area contributed by atoms with Crippen LogP contribution in [0.1, 0.15) is 37.3 Å². The molecule has 1 saturated heterocycles. The van der Waals surface area contributed by atoms with Crippen LogP contribution in [-0.4, -0.2) is 24.4 Å². The first kappa shape index (κ1) is 15.2. The summed E-state index contributed by atoms with van der Waals surface area (Å²) in [7, 11) is -3.48. The number of nitrogens with zero attached hydrogens (tertiary/aromatic N) is 2. The summed E-state index contributed by atoms with van der Waals surface area (Å²) in [6, 6.07) is 5.01. The van der Waals surface area contributed by atoms with Crippen molar-refractivity contribution in [2.75, 3.05) is 6.54 Å². The Hall–Kier alpha value is -0.700. The van der Waals surface area contributed by atoms with Gasteiger partial charge < -0.3 is 4.52 Å². The molecule has 2 aromatic heterocycles. The zero-order valence-corrected chi connectivity index (χ0v) is 14.7. The van der Waals surface area contributed by atoms with E-state index in [2.05, 4.69) is 21.1 Å². The van der Waals surface area contributed by atoms with Crippen molar-refractivity contribution in [3.05, 3.63) is 33.4 Å². The molecule has 0 aromatic carbocycles. The molecule has 0 N–H and O–H groups in total. The Bertz CT molecular complexity index is 738. The Morgan fingerprint density at radius 1 is 1.52 bits per heavy atom. The van der Waals surface area contributed by atoms with E-state index in [1.54, 1.807) is 12.1 Å². The number of halogens is 1. The lowest BCUT2D eigenvalue weighted by atomic mass is 10.1. The van der Waals surface area contributed by atoms with Crippen LogP contribution in [-0.2, 0) is 16.4 Å². The molecule has 8 heteroatoms. The lowest BCUT2D eigenvalue weighted by Gasteiger charge is -2.21. The minimum absolute atomic E-state index is 0.247. The molecule has 114 valence electrons. The first-order valence-electron chi connectivity index (χ1n) is 6.75. The third kappa shape index (κ3) is 2.81. The van der Waals surface area contributed by atoms with Crippen molar-refractivity contribution >= 4 is 37.3 Å². The van der Waals surface area contributed by atoms with E-state index in [0.717, 1.165) is 28.7 Å². The summed E-state index contributed by atoms with van der Waals surface area (Å²) < 4.78 is 33.6. The van der Waals surface area contributed by atoms with Crippen LogP contribution in [0.15, 0.2) is 30.7 Å². The second kappa shape index (κ2) is 5.83. The van der Waals surface area contributed by atoms with Crippen molar-refractivity contribution in [3.63, 3.8) is 0 Å². The molecule has 1 aliphatic heterocycles. The van der Waals surface area contributed by atoms with Crippen LogP contribution in [0.4, 0.5) is 0 Å². The number of aromatic nitrogens is 1. The van der Waals surface area contributed by atoms with Gasteiger partial charge in [-0.25, -0.2) is 8.42 Å². The third-order valence-corrected chi connectivity index (χ3v) is 7.58. The van der Waals surface area contributed by atoms with Gasteiger partial charge in [0.2, 0.25) is 0 Å². The molecule has 21 heavy (non-hydrogen) atoms. The molecule has 3 rings (SSSR count). The topological polar surface area (TPSA) is 63.4 Å². The Morgan fingerprint density at radius 3 is 2.95 bits per heavy atom. The van der Waals surface area contributed by atoms with E-state index in [9.17, 15) is 8.42 Å². The van der Waals surface area contributed by atoms with Gasteiger partial charge in [-0.15, -0.1) is 11.3 Å². The van der Waals surface area contributed by atoms with Gasteiger partial charge in [-0.2, -0.15) is 4.31 Å². The lowest BCUT2D eigenvalue weighted by Crippen LogP contribution is -2.30. The van der Waals surface area contributed by atoms with E-state index in [4.69, 9.17) is 4.52 Å². The number of rotatable bonds is 4. The molecule has 1 atom stereocenters. The highest BCUT2D eigenvalue weighted by Gasteiger charge is 2.38. The first-order valence-corrected chi connectivity index (χ1v) is 9.80. The second-order valence-electron chi connectivity index (χ2n) is 4.91. The van der Waals surface area contributed by atoms with Gasteiger partial charge in [0.25, 0.3) is 10.0 Å². The first-order chi connectivity index (χ1) is 10.0. The highest BCUT2D eigenvalue weighted by Crippen LogP contribution is 2.39. The molecule has 3 heterocycles. The Kier molecular flexibility index (Phi) is 4.22.